The molecule has 1 aromatic heterocycles. The normalized spacial score (nSPS) is 13.1. The summed E-state index contributed by atoms with van der Waals surface area (Å²) < 4.78 is 3.48. The molecule has 34 heavy (non-hydrogen) atoms. The van der Waals surface area contributed by atoms with Gasteiger partial charge in [-0.2, -0.15) is 5.10 Å². The van der Waals surface area contributed by atoms with Crippen molar-refractivity contribution in [2.45, 2.75) is 19.2 Å². The van der Waals surface area contributed by atoms with Crippen molar-refractivity contribution in [2.75, 3.05) is 0 Å². The number of halogens is 3. The van der Waals surface area contributed by atoms with Crippen LogP contribution in [-0.4, -0.2) is 26.2 Å². The number of nitrogens with zero attached hydrogens (tertiary/aromatic N) is 4. The zero-order valence-corrected chi connectivity index (χ0v) is 20.1. The molecule has 1 unspecified atom stereocenters. The number of fused-ring (bicyclic) bond motifs is 1. The second kappa shape index (κ2) is 10.4. The third kappa shape index (κ3) is 5.03. The Balaban J connectivity index is 1.66. The number of rotatable bonds is 7. The molecule has 0 spiro atoms. The van der Waals surface area contributed by atoms with Gasteiger partial charge >= 0.3 is 0 Å². The monoisotopic (exact) mass is 514 g/mol. The number of aromatic nitrogens is 2. The van der Waals surface area contributed by atoms with E-state index in [0.717, 1.165) is 11.0 Å². The van der Waals surface area contributed by atoms with Crippen LogP contribution in [0.5, 0.6) is 0 Å². The van der Waals surface area contributed by atoms with Gasteiger partial charge in [0, 0.05) is 0 Å². The second-order valence-electron chi connectivity index (χ2n) is 7.53. The highest BCUT2D eigenvalue weighted by molar-refractivity contribution is 6.42. The number of nitrogens with two attached hydrogens (primary N) is 1. The number of aliphatic hydroxyl groups excluding tert-OH is 1. The standard InChI is InChI=1S/C24H21Cl3N6O/c25-17-10-9-15(11-19(17)27)23(34)14-33-22-8-4-3-7-21(22)32(24(33)28)13-16(31-29)12-30-20-6-2-1-5-18(20)26/h1-12,23,28,34H,13-14,29H2. The lowest BCUT2D eigenvalue weighted by molar-refractivity contribution is 0.156. The molecular formula is C24H21Cl3N6O. The zero-order valence-electron chi connectivity index (χ0n) is 17.9. The van der Waals surface area contributed by atoms with Crippen LogP contribution in [0.2, 0.25) is 15.1 Å². The van der Waals surface area contributed by atoms with Crippen LogP contribution < -0.4 is 11.5 Å². The SMILES string of the molecule is N=c1n(CC(C=Nc2ccccc2Cl)=NN)c2ccccc2n1CC(O)c1ccc(Cl)c(Cl)c1. The van der Waals surface area contributed by atoms with Gasteiger partial charge in [-0.3, -0.25) is 10.4 Å². The van der Waals surface area contributed by atoms with Crippen LogP contribution in [0.25, 0.3) is 11.0 Å². The molecule has 4 N–H and O–H groups in total. The van der Waals surface area contributed by atoms with Crippen LogP contribution in [0, 0.1) is 5.41 Å². The minimum absolute atomic E-state index is 0.146. The van der Waals surface area contributed by atoms with Crippen LogP contribution in [0.1, 0.15) is 11.7 Å². The molecule has 0 saturated heterocycles. The topological polar surface area (TPSA) is 105 Å². The Labute approximate surface area is 210 Å². The lowest BCUT2D eigenvalue weighted by Gasteiger charge is -2.13. The Morgan fingerprint density at radius 1 is 0.941 bits per heavy atom. The number of aliphatic hydroxyl groups is 1. The zero-order chi connectivity index (χ0) is 24.2. The van der Waals surface area contributed by atoms with Gasteiger partial charge in [-0.25, -0.2) is 0 Å². The maximum absolute atomic E-state index is 10.9. The number of para-hydroxylation sites is 3. The Hall–Kier alpha value is -3.10. The van der Waals surface area contributed by atoms with E-state index in [1.807, 2.05) is 36.4 Å². The molecule has 1 atom stereocenters. The summed E-state index contributed by atoms with van der Waals surface area (Å²) in [5.74, 6) is 5.63. The molecule has 4 aromatic rings. The number of hydrazone groups is 1. The average molecular weight is 516 g/mol. The number of nitrogens with one attached hydrogen (secondary N) is 1. The van der Waals surface area contributed by atoms with E-state index >= 15 is 0 Å². The van der Waals surface area contributed by atoms with E-state index in [1.165, 1.54) is 6.21 Å². The van der Waals surface area contributed by atoms with Crippen molar-refractivity contribution in [1.29, 1.82) is 5.41 Å². The van der Waals surface area contributed by atoms with Crippen molar-refractivity contribution in [3.05, 3.63) is 93.0 Å². The summed E-state index contributed by atoms with van der Waals surface area (Å²) in [7, 11) is 0. The molecule has 7 nitrogen and oxygen atoms in total. The predicted molar refractivity (Wildman–Crippen MR) is 138 cm³/mol. The highest BCUT2D eigenvalue weighted by Crippen LogP contribution is 2.27. The molecular weight excluding hydrogens is 495 g/mol. The van der Waals surface area contributed by atoms with Crippen molar-refractivity contribution >= 4 is 63.4 Å². The molecule has 1 heterocycles. The molecule has 0 bridgehead atoms. The van der Waals surface area contributed by atoms with Crippen LogP contribution in [0.15, 0.2) is 76.8 Å². The number of imidazole rings is 1. The number of hydrogen-bond acceptors (Lipinski definition) is 5. The molecule has 0 saturated carbocycles. The highest BCUT2D eigenvalue weighted by atomic mass is 35.5. The Morgan fingerprint density at radius 3 is 2.29 bits per heavy atom. The van der Waals surface area contributed by atoms with Crippen molar-refractivity contribution in [2.24, 2.45) is 15.9 Å². The molecule has 4 rings (SSSR count). The van der Waals surface area contributed by atoms with Crippen molar-refractivity contribution in [1.82, 2.24) is 9.13 Å². The second-order valence-corrected chi connectivity index (χ2v) is 8.75. The maximum Gasteiger partial charge on any atom is 0.203 e. The molecule has 0 aliphatic heterocycles. The van der Waals surface area contributed by atoms with Gasteiger partial charge < -0.3 is 20.1 Å². The Bertz CT molecular complexity index is 1460. The Kier molecular flexibility index (Phi) is 7.38. The fraction of sp³-hybridized carbons (Fsp3) is 0.125. The number of benzene rings is 3. The lowest BCUT2D eigenvalue weighted by atomic mass is 10.1. The van der Waals surface area contributed by atoms with Crippen LogP contribution in [0.3, 0.4) is 0 Å². The van der Waals surface area contributed by atoms with E-state index < -0.39 is 6.10 Å². The summed E-state index contributed by atoms with van der Waals surface area (Å²) in [5, 5.41) is 24.8. The van der Waals surface area contributed by atoms with Gasteiger partial charge in [0.25, 0.3) is 0 Å². The summed E-state index contributed by atoms with van der Waals surface area (Å²) in [4.78, 5) is 4.38. The lowest BCUT2D eigenvalue weighted by Crippen LogP contribution is -2.29. The summed E-state index contributed by atoms with van der Waals surface area (Å²) in [6.07, 6.45) is 0.636. The van der Waals surface area contributed by atoms with Gasteiger partial charge in [0.05, 0.1) is 62.9 Å². The first-order valence-corrected chi connectivity index (χ1v) is 11.4. The quantitative estimate of drug-likeness (QED) is 0.176. The number of aliphatic imine (C=N–C) groups is 1. The molecule has 10 heteroatoms. The Morgan fingerprint density at radius 2 is 1.62 bits per heavy atom. The van der Waals surface area contributed by atoms with E-state index in [4.69, 9.17) is 46.1 Å². The minimum Gasteiger partial charge on any atom is -0.387 e. The third-order valence-corrected chi connectivity index (χ3v) is 6.41. The summed E-state index contributed by atoms with van der Waals surface area (Å²) in [6.45, 7) is 0.354. The average Bonchev–Trinajstić information content (AvgIpc) is 3.10. The molecule has 0 aliphatic rings. The smallest absolute Gasteiger partial charge is 0.203 e. The van der Waals surface area contributed by atoms with Crippen LogP contribution in [-0.2, 0) is 13.1 Å². The van der Waals surface area contributed by atoms with Crippen molar-refractivity contribution < 1.29 is 5.11 Å². The van der Waals surface area contributed by atoms with Gasteiger partial charge in [0.1, 0.15) is 0 Å². The van der Waals surface area contributed by atoms with Gasteiger partial charge in [-0.05, 0) is 42.0 Å². The summed E-state index contributed by atoms with van der Waals surface area (Å²) in [6, 6.07) is 19.7. The van der Waals surface area contributed by atoms with Crippen molar-refractivity contribution in [3.8, 4) is 0 Å². The van der Waals surface area contributed by atoms with Gasteiger partial charge in [0.15, 0.2) is 0 Å². The first-order chi connectivity index (χ1) is 16.4. The first-order valence-electron chi connectivity index (χ1n) is 10.3. The predicted octanol–water partition coefficient (Wildman–Crippen LogP) is 5.33. The van der Waals surface area contributed by atoms with Crippen LogP contribution in [0.4, 0.5) is 5.69 Å². The molecule has 0 aliphatic carbocycles. The van der Waals surface area contributed by atoms with Crippen LogP contribution >= 0.6 is 34.8 Å². The van der Waals surface area contributed by atoms with E-state index in [-0.39, 0.29) is 18.7 Å². The molecule has 3 aromatic carbocycles. The van der Waals surface area contributed by atoms with Crippen molar-refractivity contribution in [3.63, 3.8) is 0 Å². The maximum atomic E-state index is 10.9. The fourth-order valence-corrected chi connectivity index (χ4v) is 4.11. The first kappa shape index (κ1) is 24.0. The van der Waals surface area contributed by atoms with Gasteiger partial charge in [-0.1, -0.05) is 65.1 Å². The minimum atomic E-state index is -0.896. The molecule has 174 valence electrons. The summed E-state index contributed by atoms with van der Waals surface area (Å²) >= 11 is 18.3. The largest absolute Gasteiger partial charge is 0.387 e. The van der Waals surface area contributed by atoms with E-state index in [0.29, 0.717) is 32.0 Å². The molecule has 0 radical (unpaired) electrons. The van der Waals surface area contributed by atoms with E-state index in [1.54, 1.807) is 39.5 Å². The van der Waals surface area contributed by atoms with Gasteiger partial charge in [-0.15, -0.1) is 0 Å². The third-order valence-electron chi connectivity index (χ3n) is 5.35. The van der Waals surface area contributed by atoms with E-state index in [9.17, 15) is 5.11 Å². The fourth-order valence-electron chi connectivity index (χ4n) is 3.61. The highest BCUT2D eigenvalue weighted by Gasteiger charge is 2.17. The van der Waals surface area contributed by atoms with E-state index in [2.05, 4.69) is 10.1 Å². The molecule has 0 amide bonds. The molecule has 0 fully saturated rings. The summed E-state index contributed by atoms with van der Waals surface area (Å²) in [5.41, 5.74) is 3.40. The van der Waals surface area contributed by atoms with Gasteiger partial charge in [0.2, 0.25) is 5.62 Å². The number of hydrogen-bond donors (Lipinski definition) is 3.